The fourth-order valence-electron chi connectivity index (χ4n) is 2.05. The first-order valence-electron chi connectivity index (χ1n) is 6.17. The molecule has 0 aliphatic carbocycles. The fraction of sp³-hybridized carbons (Fsp3) is 0.267. The molecule has 0 unspecified atom stereocenters. The molecule has 0 saturated heterocycles. The van der Waals surface area contributed by atoms with Gasteiger partial charge in [-0.2, -0.15) is 12.6 Å². The smallest absolute Gasteiger partial charge is 0.255 e. The third-order valence-electron chi connectivity index (χ3n) is 2.94. The molecule has 18 heavy (non-hydrogen) atoms. The van der Waals surface area contributed by atoms with E-state index in [4.69, 9.17) is 0 Å². The molecule has 2 nitrogen and oxygen atoms in total. The minimum Gasteiger partial charge on any atom is -0.308 e. The Bertz CT molecular complexity index is 575. The largest absolute Gasteiger partial charge is 0.308 e. The topological polar surface area (TPSA) is 22.0 Å². The number of nitrogens with zero attached hydrogens (tertiary/aromatic N) is 1. The molecule has 0 aliphatic heterocycles. The van der Waals surface area contributed by atoms with Crippen LogP contribution in [-0.4, -0.2) is 4.57 Å². The molecule has 0 fully saturated rings. The Hall–Kier alpha value is -1.48. The van der Waals surface area contributed by atoms with Gasteiger partial charge in [-0.05, 0) is 18.1 Å². The molecule has 1 heterocycles. The molecule has 0 bridgehead atoms. The number of aromatic nitrogens is 1. The summed E-state index contributed by atoms with van der Waals surface area (Å²) >= 11 is 4.20. The van der Waals surface area contributed by atoms with E-state index in [2.05, 4.69) is 19.6 Å². The zero-order chi connectivity index (χ0) is 13.0. The Morgan fingerprint density at radius 1 is 1.11 bits per heavy atom. The maximum absolute atomic E-state index is 12.3. The van der Waals surface area contributed by atoms with E-state index in [1.165, 1.54) is 0 Å². The molecular weight excluding hydrogens is 242 g/mol. The van der Waals surface area contributed by atoms with Gasteiger partial charge >= 0.3 is 0 Å². The van der Waals surface area contributed by atoms with Crippen LogP contribution in [0.1, 0.15) is 18.9 Å². The van der Waals surface area contributed by atoms with Crippen molar-refractivity contribution in [2.24, 2.45) is 0 Å². The number of thiol groups is 1. The number of benzene rings is 1. The molecule has 0 atom stereocenters. The Morgan fingerprint density at radius 2 is 1.83 bits per heavy atom. The van der Waals surface area contributed by atoms with Crippen LogP contribution in [0.15, 0.2) is 47.3 Å². The van der Waals surface area contributed by atoms with Crippen molar-refractivity contribution in [1.82, 2.24) is 4.57 Å². The second-order valence-corrected chi connectivity index (χ2v) is 4.54. The van der Waals surface area contributed by atoms with Crippen molar-refractivity contribution in [3.8, 4) is 11.3 Å². The predicted molar refractivity (Wildman–Crippen MR) is 79.1 cm³/mol. The van der Waals surface area contributed by atoms with Crippen LogP contribution in [0.5, 0.6) is 0 Å². The van der Waals surface area contributed by atoms with Crippen LogP contribution in [0.3, 0.4) is 0 Å². The van der Waals surface area contributed by atoms with Crippen LogP contribution in [0, 0.1) is 0 Å². The average Bonchev–Trinajstić information content (AvgIpc) is 2.42. The lowest BCUT2D eigenvalue weighted by molar-refractivity contribution is 0.657. The van der Waals surface area contributed by atoms with Gasteiger partial charge in [0.05, 0.1) is 5.69 Å². The molecular formula is C15H17NOS. The summed E-state index contributed by atoms with van der Waals surface area (Å²) < 4.78 is 1.85. The minimum absolute atomic E-state index is 0.0770. The number of rotatable bonds is 4. The van der Waals surface area contributed by atoms with E-state index in [1.54, 1.807) is 0 Å². The quantitative estimate of drug-likeness (QED) is 0.836. The summed E-state index contributed by atoms with van der Waals surface area (Å²) in [6, 6.07) is 13.9. The van der Waals surface area contributed by atoms with Crippen molar-refractivity contribution >= 4 is 12.6 Å². The molecule has 0 aliphatic rings. The summed E-state index contributed by atoms with van der Waals surface area (Å²) in [4.78, 5) is 12.3. The molecule has 0 N–H and O–H groups in total. The molecule has 1 aromatic carbocycles. The van der Waals surface area contributed by atoms with Crippen molar-refractivity contribution < 1.29 is 0 Å². The Morgan fingerprint density at radius 3 is 2.44 bits per heavy atom. The SMILES string of the molecule is CCCn1c(-c2ccccc2)ccc(CS)c1=O. The molecule has 0 amide bonds. The summed E-state index contributed by atoms with van der Waals surface area (Å²) in [5.41, 5.74) is 2.89. The van der Waals surface area contributed by atoms with Crippen LogP contribution >= 0.6 is 12.6 Å². The molecule has 2 rings (SSSR count). The van der Waals surface area contributed by atoms with Gasteiger partial charge < -0.3 is 4.57 Å². The van der Waals surface area contributed by atoms with Gasteiger partial charge in [0.2, 0.25) is 0 Å². The van der Waals surface area contributed by atoms with Gasteiger partial charge in [0.25, 0.3) is 5.56 Å². The zero-order valence-corrected chi connectivity index (χ0v) is 11.4. The van der Waals surface area contributed by atoms with Crippen LogP contribution < -0.4 is 5.56 Å². The summed E-state index contributed by atoms with van der Waals surface area (Å²) in [6.45, 7) is 2.82. The molecule has 1 aromatic heterocycles. The van der Waals surface area contributed by atoms with E-state index >= 15 is 0 Å². The maximum atomic E-state index is 12.3. The fourth-order valence-corrected chi connectivity index (χ4v) is 2.29. The van der Waals surface area contributed by atoms with E-state index < -0.39 is 0 Å². The second kappa shape index (κ2) is 5.91. The Balaban J connectivity index is 2.61. The lowest BCUT2D eigenvalue weighted by atomic mass is 10.1. The van der Waals surface area contributed by atoms with Crippen molar-refractivity contribution in [2.45, 2.75) is 25.6 Å². The minimum atomic E-state index is 0.0770. The molecule has 0 radical (unpaired) electrons. The molecule has 2 aromatic rings. The summed E-state index contributed by atoms with van der Waals surface area (Å²) in [6.07, 6.45) is 0.940. The van der Waals surface area contributed by atoms with Crippen molar-refractivity contribution in [3.63, 3.8) is 0 Å². The van der Waals surface area contributed by atoms with Crippen LogP contribution in [0.4, 0.5) is 0 Å². The molecule has 0 spiro atoms. The molecule has 94 valence electrons. The van der Waals surface area contributed by atoms with Crippen LogP contribution in [0.25, 0.3) is 11.3 Å². The number of pyridine rings is 1. The predicted octanol–water partition coefficient (Wildman–Crippen LogP) is 3.36. The van der Waals surface area contributed by atoms with E-state index in [0.717, 1.165) is 29.8 Å². The highest BCUT2D eigenvalue weighted by Crippen LogP contribution is 2.18. The van der Waals surface area contributed by atoms with Crippen LogP contribution in [0.2, 0.25) is 0 Å². The summed E-state index contributed by atoms with van der Waals surface area (Å²) in [5, 5.41) is 0. The Labute approximate surface area is 113 Å². The zero-order valence-electron chi connectivity index (χ0n) is 10.5. The lowest BCUT2D eigenvalue weighted by Gasteiger charge is -2.13. The number of hydrogen-bond acceptors (Lipinski definition) is 2. The van der Waals surface area contributed by atoms with Gasteiger partial charge in [0.15, 0.2) is 0 Å². The first-order valence-corrected chi connectivity index (χ1v) is 6.80. The van der Waals surface area contributed by atoms with Crippen molar-refractivity contribution in [1.29, 1.82) is 0 Å². The first kappa shape index (κ1) is 13.0. The molecule has 0 saturated carbocycles. The maximum Gasteiger partial charge on any atom is 0.255 e. The first-order chi connectivity index (χ1) is 8.77. The van der Waals surface area contributed by atoms with Gasteiger partial charge in [-0.1, -0.05) is 43.3 Å². The normalized spacial score (nSPS) is 10.6. The van der Waals surface area contributed by atoms with Gasteiger partial charge in [-0.15, -0.1) is 0 Å². The number of hydrogen-bond donors (Lipinski definition) is 1. The van der Waals surface area contributed by atoms with E-state index in [0.29, 0.717) is 5.75 Å². The average molecular weight is 259 g/mol. The highest BCUT2D eigenvalue weighted by molar-refractivity contribution is 7.79. The van der Waals surface area contributed by atoms with Gasteiger partial charge in [-0.3, -0.25) is 4.79 Å². The highest BCUT2D eigenvalue weighted by atomic mass is 32.1. The third kappa shape index (κ3) is 2.51. The second-order valence-electron chi connectivity index (χ2n) is 4.22. The molecule has 3 heteroatoms. The van der Waals surface area contributed by atoms with Crippen LogP contribution in [-0.2, 0) is 12.3 Å². The van der Waals surface area contributed by atoms with Gasteiger partial charge in [0.1, 0.15) is 0 Å². The Kier molecular flexibility index (Phi) is 4.26. The van der Waals surface area contributed by atoms with E-state index in [1.807, 2.05) is 47.0 Å². The summed E-state index contributed by atoms with van der Waals surface area (Å²) in [7, 11) is 0. The van der Waals surface area contributed by atoms with Gasteiger partial charge in [-0.25, -0.2) is 0 Å². The van der Waals surface area contributed by atoms with Crippen molar-refractivity contribution in [3.05, 3.63) is 58.4 Å². The van der Waals surface area contributed by atoms with Gasteiger partial charge in [0, 0.05) is 17.9 Å². The standard InChI is InChI=1S/C15H17NOS/c1-2-10-16-14(12-6-4-3-5-7-12)9-8-13(11-18)15(16)17/h3-9,18H,2,10-11H2,1H3. The van der Waals surface area contributed by atoms with Crippen molar-refractivity contribution in [2.75, 3.05) is 0 Å². The van der Waals surface area contributed by atoms with E-state index in [-0.39, 0.29) is 5.56 Å². The highest BCUT2D eigenvalue weighted by Gasteiger charge is 2.08. The summed E-state index contributed by atoms with van der Waals surface area (Å²) in [5.74, 6) is 0.484. The third-order valence-corrected chi connectivity index (χ3v) is 3.28. The lowest BCUT2D eigenvalue weighted by Crippen LogP contribution is -2.24. The monoisotopic (exact) mass is 259 g/mol. The van der Waals surface area contributed by atoms with E-state index in [9.17, 15) is 4.79 Å².